The topological polar surface area (TPSA) is 100 Å². The monoisotopic (exact) mass is 492 g/mol. The van der Waals surface area contributed by atoms with Crippen molar-refractivity contribution >= 4 is 24.1 Å². The molecule has 0 bridgehead atoms. The first-order chi connectivity index (χ1) is 17.4. The molecule has 0 radical (unpaired) electrons. The van der Waals surface area contributed by atoms with Crippen molar-refractivity contribution < 1.29 is 19.1 Å². The van der Waals surface area contributed by atoms with E-state index in [1.54, 1.807) is 24.3 Å². The van der Waals surface area contributed by atoms with Gasteiger partial charge in [0.1, 0.15) is 23.3 Å². The van der Waals surface area contributed by atoms with Crippen molar-refractivity contribution in [2.45, 2.75) is 79.1 Å². The molecule has 6 heteroatoms. The lowest BCUT2D eigenvalue weighted by Crippen LogP contribution is -2.15. The lowest BCUT2D eigenvalue weighted by atomic mass is 10.0. The largest absolute Gasteiger partial charge is 0.461 e. The summed E-state index contributed by atoms with van der Waals surface area (Å²) < 4.78 is 10.8. The van der Waals surface area contributed by atoms with Crippen LogP contribution in [0.4, 0.5) is 0 Å². The standard InChI is InChI=1S/C30H40N2O4/c1-5-9-11-23(7-3)21-35-29(33)27(19-31)17-25-13-15-26(16-14-25)18-28(20-32)30(34)36-22-24(8-4)12-10-6-2/h13-18,23-24H,5-12,21-22H2,1-4H3. The summed E-state index contributed by atoms with van der Waals surface area (Å²) in [6.45, 7) is 9.00. The lowest BCUT2D eigenvalue weighted by Gasteiger charge is -2.14. The number of hydrogen-bond acceptors (Lipinski definition) is 6. The van der Waals surface area contributed by atoms with Gasteiger partial charge in [0.2, 0.25) is 0 Å². The van der Waals surface area contributed by atoms with E-state index in [-0.39, 0.29) is 11.1 Å². The SMILES string of the molecule is CCCCC(CC)COC(=O)C(C#N)=Cc1ccc(C=C(C#N)C(=O)OCC(CC)CCCC)cc1. The number of nitrogens with zero attached hydrogens (tertiary/aromatic N) is 2. The second-order valence-corrected chi connectivity index (χ2v) is 9.04. The predicted molar refractivity (Wildman–Crippen MR) is 142 cm³/mol. The number of unbranched alkanes of at least 4 members (excludes halogenated alkanes) is 2. The summed E-state index contributed by atoms with van der Waals surface area (Å²) in [6.07, 6.45) is 11.1. The van der Waals surface area contributed by atoms with Crippen molar-refractivity contribution in [2.75, 3.05) is 13.2 Å². The molecule has 0 fully saturated rings. The smallest absolute Gasteiger partial charge is 0.348 e. The number of benzene rings is 1. The molecule has 0 amide bonds. The van der Waals surface area contributed by atoms with E-state index in [1.807, 2.05) is 12.1 Å². The molecule has 0 heterocycles. The van der Waals surface area contributed by atoms with Gasteiger partial charge in [-0.25, -0.2) is 9.59 Å². The predicted octanol–water partition coefficient (Wildman–Crippen LogP) is 7.02. The van der Waals surface area contributed by atoms with Gasteiger partial charge in [-0.2, -0.15) is 10.5 Å². The molecule has 2 unspecified atom stereocenters. The van der Waals surface area contributed by atoms with Crippen LogP contribution in [-0.4, -0.2) is 25.2 Å². The van der Waals surface area contributed by atoms with Crippen LogP contribution in [-0.2, 0) is 19.1 Å². The first kappa shape index (κ1) is 30.7. The molecule has 0 spiro atoms. The molecule has 0 aliphatic carbocycles. The molecule has 1 aromatic rings. The van der Waals surface area contributed by atoms with E-state index >= 15 is 0 Å². The molecule has 0 saturated heterocycles. The molecule has 0 aliphatic heterocycles. The maximum atomic E-state index is 12.4. The Morgan fingerprint density at radius 1 is 0.750 bits per heavy atom. The maximum absolute atomic E-state index is 12.4. The molecule has 0 saturated carbocycles. The van der Waals surface area contributed by atoms with Crippen LogP contribution < -0.4 is 0 Å². The van der Waals surface area contributed by atoms with Crippen molar-refractivity contribution in [3.63, 3.8) is 0 Å². The molecule has 2 atom stereocenters. The normalized spacial score (nSPS) is 13.3. The number of hydrogen-bond donors (Lipinski definition) is 0. The van der Waals surface area contributed by atoms with Crippen LogP contribution in [0.5, 0.6) is 0 Å². The fourth-order valence-corrected chi connectivity index (χ4v) is 3.63. The average Bonchev–Trinajstić information content (AvgIpc) is 2.90. The van der Waals surface area contributed by atoms with Crippen molar-refractivity contribution in [2.24, 2.45) is 11.8 Å². The van der Waals surface area contributed by atoms with Gasteiger partial charge in [0.25, 0.3) is 0 Å². The van der Waals surface area contributed by atoms with Crippen LogP contribution in [0.2, 0.25) is 0 Å². The number of esters is 2. The number of nitriles is 2. The zero-order valence-electron chi connectivity index (χ0n) is 22.2. The summed E-state index contributed by atoms with van der Waals surface area (Å²) in [7, 11) is 0. The van der Waals surface area contributed by atoms with Gasteiger partial charge in [-0.1, -0.05) is 90.5 Å². The maximum Gasteiger partial charge on any atom is 0.348 e. The molecule has 194 valence electrons. The minimum absolute atomic E-state index is 0.0709. The molecule has 1 rings (SSSR count). The summed E-state index contributed by atoms with van der Waals surface area (Å²) in [6, 6.07) is 10.7. The van der Waals surface area contributed by atoms with Gasteiger partial charge in [0, 0.05) is 0 Å². The van der Waals surface area contributed by atoms with Crippen LogP contribution >= 0.6 is 0 Å². The second-order valence-electron chi connectivity index (χ2n) is 9.04. The van der Waals surface area contributed by atoms with Gasteiger partial charge in [-0.05, 0) is 48.0 Å². The first-order valence-electron chi connectivity index (χ1n) is 13.1. The van der Waals surface area contributed by atoms with Crippen LogP contribution in [0.3, 0.4) is 0 Å². The fraction of sp³-hybridized carbons (Fsp3) is 0.533. The molecule has 6 nitrogen and oxygen atoms in total. The summed E-state index contributed by atoms with van der Waals surface area (Å²) in [5.41, 5.74) is 1.14. The third-order valence-corrected chi connectivity index (χ3v) is 6.23. The Morgan fingerprint density at radius 3 is 1.39 bits per heavy atom. The van der Waals surface area contributed by atoms with Gasteiger partial charge in [-0.3, -0.25) is 0 Å². The molecular formula is C30H40N2O4. The van der Waals surface area contributed by atoms with E-state index in [1.165, 1.54) is 12.2 Å². The number of carbonyl (C=O) groups is 2. The quantitative estimate of drug-likeness (QED) is 0.140. The molecule has 0 aliphatic rings. The van der Waals surface area contributed by atoms with E-state index < -0.39 is 11.9 Å². The Balaban J connectivity index is 2.81. The highest BCUT2D eigenvalue weighted by Gasteiger charge is 2.16. The van der Waals surface area contributed by atoms with E-state index in [0.29, 0.717) is 36.2 Å². The van der Waals surface area contributed by atoms with E-state index in [0.717, 1.165) is 51.4 Å². The zero-order valence-corrected chi connectivity index (χ0v) is 22.2. The number of rotatable bonds is 16. The van der Waals surface area contributed by atoms with Crippen molar-refractivity contribution in [3.8, 4) is 12.1 Å². The Kier molecular flexibility index (Phi) is 15.3. The first-order valence-corrected chi connectivity index (χ1v) is 13.1. The van der Waals surface area contributed by atoms with Gasteiger partial charge in [0.05, 0.1) is 13.2 Å². The summed E-state index contributed by atoms with van der Waals surface area (Å²) in [5, 5.41) is 18.9. The number of carbonyl (C=O) groups excluding carboxylic acids is 2. The molecule has 0 N–H and O–H groups in total. The van der Waals surface area contributed by atoms with E-state index in [2.05, 4.69) is 27.7 Å². The highest BCUT2D eigenvalue weighted by molar-refractivity contribution is 5.98. The highest BCUT2D eigenvalue weighted by Crippen LogP contribution is 2.17. The number of ether oxygens (including phenoxy) is 2. The third-order valence-electron chi connectivity index (χ3n) is 6.23. The minimum Gasteiger partial charge on any atom is -0.461 e. The van der Waals surface area contributed by atoms with Crippen molar-refractivity contribution in [1.82, 2.24) is 0 Å². The van der Waals surface area contributed by atoms with Crippen LogP contribution in [0.1, 0.15) is 90.2 Å². The van der Waals surface area contributed by atoms with Gasteiger partial charge >= 0.3 is 11.9 Å². The summed E-state index contributed by atoms with van der Waals surface area (Å²) >= 11 is 0. The van der Waals surface area contributed by atoms with Gasteiger partial charge in [-0.15, -0.1) is 0 Å². The third kappa shape index (κ3) is 11.4. The van der Waals surface area contributed by atoms with Gasteiger partial charge < -0.3 is 9.47 Å². The average molecular weight is 493 g/mol. The summed E-state index contributed by atoms with van der Waals surface area (Å²) in [5.74, 6) is -0.666. The highest BCUT2D eigenvalue weighted by atomic mass is 16.5. The van der Waals surface area contributed by atoms with Crippen LogP contribution in [0.15, 0.2) is 35.4 Å². The fourth-order valence-electron chi connectivity index (χ4n) is 3.63. The van der Waals surface area contributed by atoms with Gasteiger partial charge in [0.15, 0.2) is 0 Å². The van der Waals surface area contributed by atoms with E-state index in [4.69, 9.17) is 9.47 Å². The molecule has 1 aromatic carbocycles. The van der Waals surface area contributed by atoms with E-state index in [9.17, 15) is 20.1 Å². The summed E-state index contributed by atoms with van der Waals surface area (Å²) in [4.78, 5) is 24.8. The second kappa shape index (κ2) is 18.0. The van der Waals surface area contributed by atoms with Crippen molar-refractivity contribution in [1.29, 1.82) is 10.5 Å². The minimum atomic E-state index is -0.629. The zero-order chi connectivity index (χ0) is 26.8. The molecule has 0 aromatic heterocycles. The Morgan fingerprint density at radius 2 is 1.11 bits per heavy atom. The Labute approximate surface area is 216 Å². The van der Waals surface area contributed by atoms with Crippen molar-refractivity contribution in [3.05, 3.63) is 46.5 Å². The Bertz CT molecular complexity index is 885. The molecule has 36 heavy (non-hydrogen) atoms. The van der Waals surface area contributed by atoms with Crippen LogP contribution in [0.25, 0.3) is 12.2 Å². The Hall–Kier alpha value is -3.38. The molecular weight excluding hydrogens is 452 g/mol. The lowest BCUT2D eigenvalue weighted by molar-refractivity contribution is -0.140. The van der Waals surface area contributed by atoms with Crippen LogP contribution in [0, 0.1) is 34.5 Å².